The summed E-state index contributed by atoms with van der Waals surface area (Å²) in [5.74, 6) is 0.622. The van der Waals surface area contributed by atoms with Gasteiger partial charge in [-0.25, -0.2) is 0 Å². The van der Waals surface area contributed by atoms with Gasteiger partial charge in [-0.1, -0.05) is 19.9 Å². The summed E-state index contributed by atoms with van der Waals surface area (Å²) in [7, 11) is 0. The van der Waals surface area contributed by atoms with E-state index in [1.165, 1.54) is 0 Å². The molecule has 0 aromatic heterocycles. The van der Waals surface area contributed by atoms with Crippen LogP contribution in [0.1, 0.15) is 20.3 Å². The molecule has 0 saturated carbocycles. The van der Waals surface area contributed by atoms with Crippen LogP contribution in [0.3, 0.4) is 0 Å². The highest BCUT2D eigenvalue weighted by atomic mass is 16.3. The van der Waals surface area contributed by atoms with Crippen LogP contribution in [0, 0.1) is 5.92 Å². The molecule has 0 bridgehead atoms. The summed E-state index contributed by atoms with van der Waals surface area (Å²) in [4.78, 5) is 0. The maximum atomic E-state index is 9.44. The van der Waals surface area contributed by atoms with Crippen molar-refractivity contribution in [3.63, 3.8) is 0 Å². The molecule has 0 amide bonds. The number of rotatable bonds is 1. The van der Waals surface area contributed by atoms with E-state index in [0.717, 1.165) is 5.57 Å². The fourth-order valence-corrected chi connectivity index (χ4v) is 1.26. The van der Waals surface area contributed by atoms with Gasteiger partial charge in [0.25, 0.3) is 0 Å². The summed E-state index contributed by atoms with van der Waals surface area (Å²) >= 11 is 0. The first-order valence-corrected chi connectivity index (χ1v) is 3.89. The first-order chi connectivity index (χ1) is 5.11. The van der Waals surface area contributed by atoms with Crippen molar-refractivity contribution in [2.75, 3.05) is 0 Å². The third-order valence-electron chi connectivity index (χ3n) is 1.92. The molecular formula is C9H14O2. The van der Waals surface area contributed by atoms with E-state index in [1.807, 2.05) is 13.8 Å². The molecule has 0 aromatic rings. The summed E-state index contributed by atoms with van der Waals surface area (Å²) in [6.45, 7) is 4.07. The molecule has 11 heavy (non-hydrogen) atoms. The van der Waals surface area contributed by atoms with Crippen LogP contribution in [0.25, 0.3) is 0 Å². The van der Waals surface area contributed by atoms with Crippen LogP contribution in [0.5, 0.6) is 0 Å². The Labute approximate surface area is 66.9 Å². The molecule has 1 aliphatic carbocycles. The van der Waals surface area contributed by atoms with Gasteiger partial charge in [-0.2, -0.15) is 0 Å². The lowest BCUT2D eigenvalue weighted by atomic mass is 9.92. The molecule has 1 atom stereocenters. The predicted octanol–water partition coefficient (Wildman–Crippen LogP) is 1.78. The van der Waals surface area contributed by atoms with Crippen LogP contribution >= 0.6 is 0 Å². The second-order valence-corrected chi connectivity index (χ2v) is 3.20. The number of aliphatic hydroxyl groups excluding tert-OH is 2. The monoisotopic (exact) mass is 154 g/mol. The first-order valence-electron chi connectivity index (χ1n) is 3.89. The van der Waals surface area contributed by atoms with Crippen LogP contribution in [0.2, 0.25) is 0 Å². The van der Waals surface area contributed by atoms with E-state index in [2.05, 4.69) is 0 Å². The Kier molecular flexibility index (Phi) is 2.35. The maximum absolute atomic E-state index is 9.44. The quantitative estimate of drug-likeness (QED) is 0.604. The SMILES string of the molecule is CC(C)C1=CC=C(O)CC1O. The largest absolute Gasteiger partial charge is 0.512 e. The van der Waals surface area contributed by atoms with Gasteiger partial charge in [0.1, 0.15) is 0 Å². The third-order valence-corrected chi connectivity index (χ3v) is 1.92. The predicted molar refractivity (Wildman–Crippen MR) is 44.3 cm³/mol. The van der Waals surface area contributed by atoms with Crippen LogP contribution in [-0.2, 0) is 0 Å². The van der Waals surface area contributed by atoms with Crippen molar-refractivity contribution in [3.8, 4) is 0 Å². The summed E-state index contributed by atoms with van der Waals surface area (Å²) in [5.41, 5.74) is 1.00. The van der Waals surface area contributed by atoms with E-state index in [0.29, 0.717) is 12.3 Å². The fraction of sp³-hybridized carbons (Fsp3) is 0.556. The zero-order chi connectivity index (χ0) is 8.43. The molecule has 1 rings (SSSR count). The molecule has 0 spiro atoms. The van der Waals surface area contributed by atoms with Crippen molar-refractivity contribution < 1.29 is 10.2 Å². The molecule has 1 aliphatic rings. The van der Waals surface area contributed by atoms with Crippen molar-refractivity contribution in [1.29, 1.82) is 0 Å². The van der Waals surface area contributed by atoms with Gasteiger partial charge in [-0.15, -0.1) is 0 Å². The van der Waals surface area contributed by atoms with E-state index in [9.17, 15) is 5.11 Å². The summed E-state index contributed by atoms with van der Waals surface area (Å²) in [6.07, 6.45) is 3.33. The maximum Gasteiger partial charge on any atom is 0.0951 e. The van der Waals surface area contributed by atoms with Crippen molar-refractivity contribution in [2.45, 2.75) is 26.4 Å². The Hall–Kier alpha value is -0.760. The molecule has 2 N–H and O–H groups in total. The van der Waals surface area contributed by atoms with Gasteiger partial charge < -0.3 is 10.2 Å². The smallest absolute Gasteiger partial charge is 0.0951 e. The Balaban J connectivity index is 2.78. The number of hydrogen-bond acceptors (Lipinski definition) is 2. The normalized spacial score (nSPS) is 24.9. The second-order valence-electron chi connectivity index (χ2n) is 3.20. The van der Waals surface area contributed by atoms with Crippen LogP contribution in [0.4, 0.5) is 0 Å². The van der Waals surface area contributed by atoms with Crippen LogP contribution < -0.4 is 0 Å². The lowest BCUT2D eigenvalue weighted by Gasteiger charge is -2.20. The number of allylic oxidation sites excluding steroid dienone is 2. The Morgan fingerprint density at radius 2 is 2.09 bits per heavy atom. The van der Waals surface area contributed by atoms with Crippen LogP contribution in [0.15, 0.2) is 23.5 Å². The summed E-state index contributed by atoms with van der Waals surface area (Å²) < 4.78 is 0. The molecule has 0 heterocycles. The highest BCUT2D eigenvalue weighted by Gasteiger charge is 2.18. The van der Waals surface area contributed by atoms with E-state index in [-0.39, 0.29) is 5.76 Å². The van der Waals surface area contributed by atoms with Crippen molar-refractivity contribution in [2.24, 2.45) is 5.92 Å². The minimum absolute atomic E-state index is 0.266. The van der Waals surface area contributed by atoms with E-state index < -0.39 is 6.10 Å². The summed E-state index contributed by atoms with van der Waals surface area (Å²) in [5, 5.41) is 18.5. The van der Waals surface area contributed by atoms with Gasteiger partial charge in [-0.3, -0.25) is 0 Å². The van der Waals surface area contributed by atoms with Crippen LogP contribution in [-0.4, -0.2) is 16.3 Å². The second kappa shape index (κ2) is 3.09. The lowest BCUT2D eigenvalue weighted by Crippen LogP contribution is -2.17. The van der Waals surface area contributed by atoms with Gasteiger partial charge in [-0.05, 0) is 17.6 Å². The van der Waals surface area contributed by atoms with Gasteiger partial charge in [0.15, 0.2) is 0 Å². The molecule has 2 heteroatoms. The van der Waals surface area contributed by atoms with Crippen molar-refractivity contribution >= 4 is 0 Å². The Bertz CT molecular complexity index is 202. The highest BCUT2D eigenvalue weighted by Crippen LogP contribution is 2.23. The minimum atomic E-state index is -0.486. The zero-order valence-corrected chi connectivity index (χ0v) is 6.91. The van der Waals surface area contributed by atoms with Gasteiger partial charge >= 0.3 is 0 Å². The minimum Gasteiger partial charge on any atom is -0.512 e. The van der Waals surface area contributed by atoms with Gasteiger partial charge in [0.2, 0.25) is 0 Å². The van der Waals surface area contributed by atoms with Gasteiger partial charge in [0.05, 0.1) is 11.9 Å². The molecule has 0 aromatic carbocycles. The molecule has 0 fully saturated rings. The fourth-order valence-electron chi connectivity index (χ4n) is 1.26. The van der Waals surface area contributed by atoms with E-state index in [4.69, 9.17) is 5.11 Å². The molecule has 2 nitrogen and oxygen atoms in total. The average molecular weight is 154 g/mol. The molecule has 1 unspecified atom stereocenters. The topological polar surface area (TPSA) is 40.5 Å². The molecule has 0 aliphatic heterocycles. The lowest BCUT2D eigenvalue weighted by molar-refractivity contribution is 0.178. The first kappa shape index (κ1) is 8.34. The standard InChI is InChI=1S/C9H14O2/c1-6(2)8-4-3-7(10)5-9(8)11/h3-4,6,9-11H,5H2,1-2H3. The van der Waals surface area contributed by atoms with Gasteiger partial charge in [0, 0.05) is 6.42 Å². The number of hydrogen-bond donors (Lipinski definition) is 2. The summed E-state index contributed by atoms with van der Waals surface area (Å²) in [6, 6.07) is 0. The Morgan fingerprint density at radius 1 is 1.45 bits per heavy atom. The molecule has 62 valence electrons. The van der Waals surface area contributed by atoms with Crippen molar-refractivity contribution in [1.82, 2.24) is 0 Å². The zero-order valence-electron chi connectivity index (χ0n) is 6.91. The highest BCUT2D eigenvalue weighted by molar-refractivity contribution is 5.25. The molecule has 0 saturated heterocycles. The average Bonchev–Trinajstić information content (AvgIpc) is 1.85. The Morgan fingerprint density at radius 3 is 2.55 bits per heavy atom. The van der Waals surface area contributed by atoms with E-state index >= 15 is 0 Å². The number of aliphatic hydroxyl groups is 2. The molecular weight excluding hydrogens is 140 g/mol. The third kappa shape index (κ3) is 1.84. The van der Waals surface area contributed by atoms with E-state index in [1.54, 1.807) is 12.2 Å². The molecule has 0 radical (unpaired) electrons. The van der Waals surface area contributed by atoms with Crippen molar-refractivity contribution in [3.05, 3.63) is 23.5 Å².